The molecule has 2 aromatic heterocycles. The first-order valence-corrected chi connectivity index (χ1v) is 13.7. The van der Waals surface area contributed by atoms with E-state index in [0.717, 1.165) is 50.2 Å². The normalized spacial score (nSPS) is 19.3. The molecule has 2 amide bonds. The number of fused-ring (bicyclic) bond motifs is 2. The van der Waals surface area contributed by atoms with Crippen molar-refractivity contribution in [3.63, 3.8) is 0 Å². The van der Waals surface area contributed by atoms with Crippen LogP contribution in [0, 0.1) is 6.92 Å². The molecule has 2 aliphatic heterocycles. The summed E-state index contributed by atoms with van der Waals surface area (Å²) in [5.41, 5.74) is 1.68. The monoisotopic (exact) mass is 572 g/mol. The number of nitrogens with zero attached hydrogens (tertiary/aromatic N) is 3. The van der Waals surface area contributed by atoms with Gasteiger partial charge in [-0.1, -0.05) is 6.07 Å². The second-order valence-electron chi connectivity index (χ2n) is 12.2. The van der Waals surface area contributed by atoms with Gasteiger partial charge in [-0.05, 0) is 93.8 Å². The molecule has 8 nitrogen and oxygen atoms in total. The molecule has 2 unspecified atom stereocenters. The van der Waals surface area contributed by atoms with Gasteiger partial charge in [0.05, 0.1) is 6.04 Å². The molecule has 0 saturated carbocycles. The van der Waals surface area contributed by atoms with Crippen LogP contribution in [0.4, 0.5) is 18.0 Å². The largest absolute Gasteiger partial charge is 0.444 e. The molecule has 2 N–H and O–H groups in total. The molecular formula is C30H35F3N4O4. The summed E-state index contributed by atoms with van der Waals surface area (Å²) in [5.74, 6) is -1.39. The molecule has 5 rings (SSSR count). The van der Waals surface area contributed by atoms with E-state index in [2.05, 4.69) is 9.97 Å². The third-order valence-electron chi connectivity index (χ3n) is 7.94. The summed E-state index contributed by atoms with van der Waals surface area (Å²) in [6.45, 7) is 8.24. The minimum absolute atomic E-state index is 0.0234. The van der Waals surface area contributed by atoms with Crippen LogP contribution in [-0.4, -0.2) is 67.3 Å². The number of hydrogen-bond donors (Lipinski definition) is 2. The van der Waals surface area contributed by atoms with Crippen LogP contribution in [0.15, 0.2) is 30.6 Å². The fraction of sp³-hybridized carbons (Fsp3) is 0.500. The number of nitrogens with one attached hydrogen (secondary N) is 1. The Hall–Kier alpha value is -3.60. The number of aryl methyl sites for hydroxylation is 1. The molecule has 11 heteroatoms. The Morgan fingerprint density at radius 1 is 1.10 bits per heavy atom. The molecule has 0 spiro atoms. The highest BCUT2D eigenvalue weighted by Gasteiger charge is 2.57. The fourth-order valence-electron chi connectivity index (χ4n) is 5.69. The van der Waals surface area contributed by atoms with E-state index < -0.39 is 29.4 Å². The molecule has 4 heterocycles. The van der Waals surface area contributed by atoms with Crippen LogP contribution in [0.5, 0.6) is 0 Å². The molecule has 3 aromatic rings. The molecule has 1 fully saturated rings. The molecule has 2 aliphatic rings. The second-order valence-corrected chi connectivity index (χ2v) is 12.2. The summed E-state index contributed by atoms with van der Waals surface area (Å²) in [6.07, 6.45) is -0.260. The zero-order valence-corrected chi connectivity index (χ0v) is 23.9. The number of benzene rings is 1. The number of carbonyl (C=O) groups excluding carboxylic acids is 2. The topological polar surface area (TPSA) is 98.8 Å². The van der Waals surface area contributed by atoms with Crippen molar-refractivity contribution in [3.8, 4) is 11.1 Å². The quantitative estimate of drug-likeness (QED) is 0.413. The Bertz CT molecular complexity index is 1510. The Balaban J connectivity index is 1.59. The number of likely N-dealkylation sites (tertiary alicyclic amines) is 1. The molecule has 2 atom stereocenters. The predicted octanol–water partition coefficient (Wildman–Crippen LogP) is 5.81. The van der Waals surface area contributed by atoms with Gasteiger partial charge in [0.2, 0.25) is 5.60 Å². The van der Waals surface area contributed by atoms with E-state index in [1.54, 1.807) is 31.9 Å². The molecule has 1 saturated heterocycles. The Kier molecular flexibility index (Phi) is 7.08. The van der Waals surface area contributed by atoms with Gasteiger partial charge in [-0.2, -0.15) is 13.2 Å². The standard InChI is InChI=1S/C30H35F3N4O4/c1-17-14-34-25-21(17)13-20(15-35-25)19-11-18-8-10-36(26(38)29(5,40)30(31,32)33)16-23(18)22(12-19)24-7-6-9-37(24)27(39)41-28(2,3)4/h11-15,24,40H,6-10,16H2,1-5H3,(H,34,35). The lowest BCUT2D eigenvalue weighted by Crippen LogP contribution is -2.56. The molecule has 220 valence electrons. The number of aromatic amines is 1. The zero-order chi connectivity index (χ0) is 29.9. The van der Waals surface area contributed by atoms with Crippen LogP contribution < -0.4 is 0 Å². The Morgan fingerprint density at radius 2 is 1.83 bits per heavy atom. The maximum Gasteiger partial charge on any atom is 0.426 e. The summed E-state index contributed by atoms with van der Waals surface area (Å²) in [7, 11) is 0. The van der Waals surface area contributed by atoms with Gasteiger partial charge in [0.25, 0.3) is 5.91 Å². The fourth-order valence-corrected chi connectivity index (χ4v) is 5.69. The molecule has 0 bridgehead atoms. The van der Waals surface area contributed by atoms with Crippen molar-refractivity contribution < 1.29 is 32.6 Å². The minimum atomic E-state index is -5.11. The van der Waals surface area contributed by atoms with Crippen molar-refractivity contribution >= 4 is 23.0 Å². The number of ether oxygens (including phenoxy) is 1. The van der Waals surface area contributed by atoms with E-state index in [4.69, 9.17) is 4.74 Å². The zero-order valence-electron chi connectivity index (χ0n) is 23.9. The highest BCUT2D eigenvalue weighted by Crippen LogP contribution is 2.41. The summed E-state index contributed by atoms with van der Waals surface area (Å²) in [5, 5.41) is 11.1. The van der Waals surface area contributed by atoms with Gasteiger partial charge in [0.1, 0.15) is 11.2 Å². The third kappa shape index (κ3) is 5.39. The minimum Gasteiger partial charge on any atom is -0.444 e. The van der Waals surface area contributed by atoms with Crippen molar-refractivity contribution in [1.29, 1.82) is 0 Å². The van der Waals surface area contributed by atoms with Gasteiger partial charge < -0.3 is 24.6 Å². The summed E-state index contributed by atoms with van der Waals surface area (Å²) >= 11 is 0. The van der Waals surface area contributed by atoms with Gasteiger partial charge in [-0.25, -0.2) is 9.78 Å². The van der Waals surface area contributed by atoms with E-state index in [0.29, 0.717) is 31.9 Å². The van der Waals surface area contributed by atoms with E-state index in [1.165, 1.54) is 0 Å². The second kappa shape index (κ2) is 10.0. The third-order valence-corrected chi connectivity index (χ3v) is 7.94. The first-order chi connectivity index (χ1) is 19.1. The van der Waals surface area contributed by atoms with Crippen molar-refractivity contribution in [2.75, 3.05) is 13.1 Å². The molecule has 41 heavy (non-hydrogen) atoms. The van der Waals surface area contributed by atoms with Crippen molar-refractivity contribution in [2.45, 2.75) is 83.8 Å². The van der Waals surface area contributed by atoms with Crippen LogP contribution in [-0.2, 0) is 22.5 Å². The number of amides is 2. The van der Waals surface area contributed by atoms with Gasteiger partial charge in [0, 0.05) is 43.0 Å². The maximum atomic E-state index is 13.5. The van der Waals surface area contributed by atoms with E-state index in [1.807, 2.05) is 31.3 Å². The van der Waals surface area contributed by atoms with Crippen molar-refractivity contribution in [1.82, 2.24) is 19.8 Å². The van der Waals surface area contributed by atoms with Crippen molar-refractivity contribution in [2.24, 2.45) is 0 Å². The summed E-state index contributed by atoms with van der Waals surface area (Å²) < 4.78 is 46.3. The number of rotatable bonds is 3. The number of alkyl halides is 3. The number of halogens is 3. The molecule has 0 aliphatic carbocycles. The van der Waals surface area contributed by atoms with Crippen LogP contribution in [0.1, 0.15) is 68.8 Å². The smallest absolute Gasteiger partial charge is 0.426 e. The molecular weight excluding hydrogens is 537 g/mol. The number of aromatic nitrogens is 2. The Morgan fingerprint density at radius 3 is 2.51 bits per heavy atom. The number of pyridine rings is 1. The SMILES string of the molecule is Cc1c[nH]c2ncc(-c3cc4c(c(C5CCCN5C(=O)OC(C)(C)C)c3)CN(C(=O)C(C)(O)C(F)(F)F)CC4)cc12. The van der Waals surface area contributed by atoms with Crippen LogP contribution in [0.3, 0.4) is 0 Å². The number of carbonyl (C=O) groups is 2. The summed E-state index contributed by atoms with van der Waals surface area (Å²) in [6, 6.07) is 5.59. The maximum absolute atomic E-state index is 13.5. The van der Waals surface area contributed by atoms with Crippen LogP contribution in [0.2, 0.25) is 0 Å². The van der Waals surface area contributed by atoms with Crippen molar-refractivity contribution in [3.05, 3.63) is 52.8 Å². The van der Waals surface area contributed by atoms with Crippen LogP contribution >= 0.6 is 0 Å². The molecule has 1 aromatic carbocycles. The summed E-state index contributed by atoms with van der Waals surface area (Å²) in [4.78, 5) is 36.5. The van der Waals surface area contributed by atoms with Gasteiger partial charge in [-0.3, -0.25) is 4.79 Å². The van der Waals surface area contributed by atoms with Gasteiger partial charge >= 0.3 is 12.3 Å². The van der Waals surface area contributed by atoms with Crippen LogP contribution in [0.25, 0.3) is 22.2 Å². The Labute approximate surface area is 236 Å². The average molecular weight is 573 g/mol. The molecule has 0 radical (unpaired) electrons. The van der Waals surface area contributed by atoms with E-state index >= 15 is 0 Å². The lowest BCUT2D eigenvalue weighted by Gasteiger charge is -2.37. The average Bonchev–Trinajstić information content (AvgIpc) is 3.52. The lowest BCUT2D eigenvalue weighted by atomic mass is 9.86. The van der Waals surface area contributed by atoms with E-state index in [-0.39, 0.29) is 19.1 Å². The predicted molar refractivity (Wildman–Crippen MR) is 147 cm³/mol. The van der Waals surface area contributed by atoms with Gasteiger partial charge in [-0.15, -0.1) is 0 Å². The first-order valence-electron chi connectivity index (χ1n) is 13.7. The van der Waals surface area contributed by atoms with E-state index in [9.17, 15) is 27.9 Å². The highest BCUT2D eigenvalue weighted by molar-refractivity contribution is 5.86. The number of H-pyrrole nitrogens is 1. The van der Waals surface area contributed by atoms with Gasteiger partial charge in [0.15, 0.2) is 0 Å². The number of aliphatic hydroxyl groups is 1. The number of hydrogen-bond acceptors (Lipinski definition) is 5. The first kappa shape index (κ1) is 28.9. The highest BCUT2D eigenvalue weighted by atomic mass is 19.4. The lowest BCUT2D eigenvalue weighted by molar-refractivity contribution is -0.250.